The Kier molecular flexibility index (Phi) is 4.91. The second-order valence-electron chi connectivity index (χ2n) is 4.65. The number of aromatic nitrogens is 1. The minimum Gasteiger partial charge on any atom is -0.383 e. The highest BCUT2D eigenvalue weighted by molar-refractivity contribution is 5.80. The zero-order valence-corrected chi connectivity index (χ0v) is 11.5. The number of ether oxygens (including phenoxy) is 1. The molecule has 2 N–H and O–H groups in total. The van der Waals surface area contributed by atoms with E-state index in [4.69, 9.17) is 10.00 Å². The summed E-state index contributed by atoms with van der Waals surface area (Å²) < 4.78 is 4.85. The molecule has 0 aliphatic heterocycles. The highest BCUT2D eigenvalue weighted by atomic mass is 16.5. The Morgan fingerprint density at radius 1 is 1.55 bits per heavy atom. The largest absolute Gasteiger partial charge is 0.383 e. The third-order valence-corrected chi connectivity index (χ3v) is 3.22. The van der Waals surface area contributed by atoms with Gasteiger partial charge >= 0.3 is 0 Å². The number of carbonyl (C=O) groups is 1. The Morgan fingerprint density at radius 3 is 3.15 bits per heavy atom. The van der Waals surface area contributed by atoms with Crippen molar-refractivity contribution in [1.29, 1.82) is 5.26 Å². The Balaban J connectivity index is 1.96. The predicted octanol–water partition coefficient (Wildman–Crippen LogP) is 0.616. The molecule has 106 valence electrons. The molecule has 1 amide bonds. The molecule has 0 saturated carbocycles. The fraction of sp³-hybridized carbons (Fsp3) is 0.500. The number of fused-ring (bicyclic) bond motifs is 1. The standard InChI is InChI=1S/C14H18N4O2/c1-20-6-5-16-13(19)9-17-14-11(8-15)7-10-3-2-4-12(10)18-14/h7H,2-6,9H2,1H3,(H,16,19)(H,17,18). The SMILES string of the molecule is COCCNC(=O)CNc1nc2c(cc1C#N)CCC2. The van der Waals surface area contributed by atoms with Crippen LogP contribution in [0.5, 0.6) is 0 Å². The van der Waals surface area contributed by atoms with Crippen LogP contribution < -0.4 is 10.6 Å². The lowest BCUT2D eigenvalue weighted by atomic mass is 10.1. The lowest BCUT2D eigenvalue weighted by Gasteiger charge is -2.10. The van der Waals surface area contributed by atoms with E-state index in [1.807, 2.05) is 6.07 Å². The van der Waals surface area contributed by atoms with Crippen molar-refractivity contribution >= 4 is 11.7 Å². The van der Waals surface area contributed by atoms with Crippen molar-refractivity contribution in [3.05, 3.63) is 22.9 Å². The molecule has 1 heterocycles. The number of nitriles is 1. The number of hydrogen-bond acceptors (Lipinski definition) is 5. The number of nitrogens with zero attached hydrogens (tertiary/aromatic N) is 2. The molecule has 1 aromatic rings. The van der Waals surface area contributed by atoms with Crippen LogP contribution in [0.2, 0.25) is 0 Å². The van der Waals surface area contributed by atoms with Crippen LogP contribution in [0.15, 0.2) is 6.07 Å². The first kappa shape index (κ1) is 14.3. The third-order valence-electron chi connectivity index (χ3n) is 3.22. The zero-order chi connectivity index (χ0) is 14.4. The van der Waals surface area contributed by atoms with Crippen LogP contribution in [0.3, 0.4) is 0 Å². The summed E-state index contributed by atoms with van der Waals surface area (Å²) in [6.07, 6.45) is 3.00. The summed E-state index contributed by atoms with van der Waals surface area (Å²) in [6.45, 7) is 1.05. The second-order valence-corrected chi connectivity index (χ2v) is 4.65. The lowest BCUT2D eigenvalue weighted by Crippen LogP contribution is -2.32. The molecule has 2 rings (SSSR count). The summed E-state index contributed by atoms with van der Waals surface area (Å²) in [6, 6.07) is 4.00. The summed E-state index contributed by atoms with van der Waals surface area (Å²) in [5, 5.41) is 14.8. The van der Waals surface area contributed by atoms with Gasteiger partial charge in [0.25, 0.3) is 0 Å². The lowest BCUT2D eigenvalue weighted by molar-refractivity contribution is -0.119. The first-order valence-electron chi connectivity index (χ1n) is 6.67. The maximum Gasteiger partial charge on any atom is 0.239 e. The fourth-order valence-corrected chi connectivity index (χ4v) is 2.21. The third kappa shape index (κ3) is 3.45. The molecule has 0 radical (unpaired) electrons. The quantitative estimate of drug-likeness (QED) is 0.742. The van der Waals surface area contributed by atoms with Crippen molar-refractivity contribution in [2.45, 2.75) is 19.3 Å². The molecule has 1 aromatic heterocycles. The number of nitrogens with one attached hydrogen (secondary N) is 2. The maximum absolute atomic E-state index is 11.6. The van der Waals surface area contributed by atoms with Crippen LogP contribution in [0, 0.1) is 11.3 Å². The zero-order valence-electron chi connectivity index (χ0n) is 11.5. The molecule has 0 aromatic carbocycles. The first-order chi connectivity index (χ1) is 9.74. The topological polar surface area (TPSA) is 87.0 Å². The molecule has 1 aliphatic rings. The van der Waals surface area contributed by atoms with Crippen LogP contribution >= 0.6 is 0 Å². The molecule has 0 fully saturated rings. The summed E-state index contributed by atoms with van der Waals surface area (Å²) in [5.41, 5.74) is 2.68. The molecular weight excluding hydrogens is 256 g/mol. The van der Waals surface area contributed by atoms with Crippen molar-refractivity contribution < 1.29 is 9.53 Å². The van der Waals surface area contributed by atoms with E-state index in [1.165, 1.54) is 0 Å². The van der Waals surface area contributed by atoms with E-state index in [0.717, 1.165) is 30.5 Å². The number of amides is 1. The van der Waals surface area contributed by atoms with Gasteiger partial charge in [-0.1, -0.05) is 0 Å². The summed E-state index contributed by atoms with van der Waals surface area (Å²) >= 11 is 0. The molecule has 0 bridgehead atoms. The minimum atomic E-state index is -0.145. The monoisotopic (exact) mass is 274 g/mol. The Hall–Kier alpha value is -2.13. The van der Waals surface area contributed by atoms with E-state index >= 15 is 0 Å². The van der Waals surface area contributed by atoms with E-state index in [0.29, 0.717) is 24.5 Å². The second kappa shape index (κ2) is 6.87. The van der Waals surface area contributed by atoms with Crippen LogP contribution in [0.25, 0.3) is 0 Å². The van der Waals surface area contributed by atoms with Crippen molar-refractivity contribution in [2.75, 3.05) is 32.1 Å². The number of pyridine rings is 1. The molecule has 6 heteroatoms. The molecular formula is C14H18N4O2. The van der Waals surface area contributed by atoms with Crippen molar-refractivity contribution in [3.8, 4) is 6.07 Å². The smallest absolute Gasteiger partial charge is 0.239 e. The van der Waals surface area contributed by atoms with Gasteiger partial charge in [-0.25, -0.2) is 4.98 Å². The van der Waals surface area contributed by atoms with Crippen LogP contribution in [0.1, 0.15) is 23.2 Å². The molecule has 1 aliphatic carbocycles. The van der Waals surface area contributed by atoms with Gasteiger partial charge in [-0.05, 0) is 30.9 Å². The van der Waals surface area contributed by atoms with E-state index < -0.39 is 0 Å². The highest BCUT2D eigenvalue weighted by Crippen LogP contribution is 2.24. The van der Waals surface area contributed by atoms with Gasteiger partial charge in [0.15, 0.2) is 0 Å². The maximum atomic E-state index is 11.6. The molecule has 6 nitrogen and oxygen atoms in total. The number of hydrogen-bond donors (Lipinski definition) is 2. The van der Waals surface area contributed by atoms with Gasteiger partial charge in [0.2, 0.25) is 5.91 Å². The molecule has 0 saturated heterocycles. The fourth-order valence-electron chi connectivity index (χ4n) is 2.21. The van der Waals surface area contributed by atoms with Gasteiger partial charge in [0, 0.05) is 19.3 Å². The normalized spacial score (nSPS) is 12.6. The number of rotatable bonds is 6. The van der Waals surface area contributed by atoms with Gasteiger partial charge in [-0.15, -0.1) is 0 Å². The predicted molar refractivity (Wildman–Crippen MR) is 74.4 cm³/mol. The average molecular weight is 274 g/mol. The van der Waals surface area contributed by atoms with Gasteiger partial charge in [0.1, 0.15) is 11.9 Å². The van der Waals surface area contributed by atoms with Crippen molar-refractivity contribution in [1.82, 2.24) is 10.3 Å². The molecule has 0 unspecified atom stereocenters. The van der Waals surface area contributed by atoms with Crippen molar-refractivity contribution in [3.63, 3.8) is 0 Å². The van der Waals surface area contributed by atoms with Gasteiger partial charge in [-0.3, -0.25) is 4.79 Å². The Morgan fingerprint density at radius 2 is 2.40 bits per heavy atom. The van der Waals surface area contributed by atoms with Gasteiger partial charge < -0.3 is 15.4 Å². The molecule has 0 spiro atoms. The highest BCUT2D eigenvalue weighted by Gasteiger charge is 2.16. The van der Waals surface area contributed by atoms with E-state index in [9.17, 15) is 4.79 Å². The van der Waals surface area contributed by atoms with E-state index in [-0.39, 0.29) is 12.5 Å². The number of carbonyl (C=O) groups excluding carboxylic acids is 1. The molecule has 20 heavy (non-hydrogen) atoms. The number of aryl methyl sites for hydroxylation is 2. The minimum absolute atomic E-state index is 0.101. The number of methoxy groups -OCH3 is 1. The summed E-state index contributed by atoms with van der Waals surface area (Å²) in [7, 11) is 1.58. The summed E-state index contributed by atoms with van der Waals surface area (Å²) in [5.74, 6) is 0.350. The van der Waals surface area contributed by atoms with Crippen LogP contribution in [-0.4, -0.2) is 37.7 Å². The number of anilines is 1. The van der Waals surface area contributed by atoms with Crippen LogP contribution in [-0.2, 0) is 22.4 Å². The summed E-state index contributed by atoms with van der Waals surface area (Å²) in [4.78, 5) is 16.0. The first-order valence-corrected chi connectivity index (χ1v) is 6.67. The molecule has 0 atom stereocenters. The van der Waals surface area contributed by atoms with Crippen molar-refractivity contribution in [2.24, 2.45) is 0 Å². The van der Waals surface area contributed by atoms with E-state index in [2.05, 4.69) is 21.7 Å². The van der Waals surface area contributed by atoms with Gasteiger partial charge in [0.05, 0.1) is 18.7 Å². The van der Waals surface area contributed by atoms with Crippen LogP contribution in [0.4, 0.5) is 5.82 Å². The van der Waals surface area contributed by atoms with E-state index in [1.54, 1.807) is 7.11 Å². The average Bonchev–Trinajstić information content (AvgIpc) is 2.91. The van der Waals surface area contributed by atoms with Gasteiger partial charge in [-0.2, -0.15) is 5.26 Å². The Labute approximate surface area is 118 Å². The Bertz CT molecular complexity index is 537.